The summed E-state index contributed by atoms with van der Waals surface area (Å²) in [6.45, 7) is 7.05. The van der Waals surface area contributed by atoms with Gasteiger partial charge in [-0.1, -0.05) is 30.3 Å². The minimum absolute atomic E-state index is 0.198. The number of aromatic carboxylic acids is 1. The van der Waals surface area contributed by atoms with Crippen LogP contribution in [0.25, 0.3) is 11.0 Å². The maximum atomic E-state index is 12.1. The molecule has 1 aliphatic rings. The number of aryl methyl sites for hydroxylation is 1. The second kappa shape index (κ2) is 10.8. The highest BCUT2D eigenvalue weighted by Gasteiger charge is 2.19. The molecule has 0 bridgehead atoms. The van der Waals surface area contributed by atoms with Gasteiger partial charge in [-0.15, -0.1) is 0 Å². The molecule has 36 heavy (non-hydrogen) atoms. The minimum atomic E-state index is -0.997. The number of hydrogen-bond donors (Lipinski definition) is 2. The number of carbonyl (C=O) groups is 1. The molecule has 9 heteroatoms. The van der Waals surface area contributed by atoms with E-state index in [2.05, 4.69) is 15.3 Å². The molecule has 2 aromatic heterocycles. The highest BCUT2D eigenvalue weighted by molar-refractivity contribution is 6.03. The standard InChI is InChI=1S/C27H29N5O4/c1-19-25-23(27(33)34)17-24(28-11-12-31-13-15-35-16-14-31)29-26(25)32(30-19)18-20-7-9-22(10-8-20)36-21-5-3-2-4-6-21/h2-10,17H,11-16,18H2,1H3,(H,28,29)(H,33,34). The van der Waals surface area contributed by atoms with Gasteiger partial charge in [-0.05, 0) is 42.8 Å². The van der Waals surface area contributed by atoms with Crippen molar-refractivity contribution in [2.45, 2.75) is 13.5 Å². The molecule has 0 aliphatic carbocycles. The second-order valence-corrected chi connectivity index (χ2v) is 8.74. The van der Waals surface area contributed by atoms with Crippen LogP contribution in [-0.4, -0.2) is 70.1 Å². The molecule has 0 atom stereocenters. The van der Waals surface area contributed by atoms with E-state index in [1.807, 2.05) is 61.5 Å². The zero-order valence-electron chi connectivity index (χ0n) is 20.2. The van der Waals surface area contributed by atoms with Crippen molar-refractivity contribution in [2.75, 3.05) is 44.7 Å². The van der Waals surface area contributed by atoms with Crippen LogP contribution in [0.5, 0.6) is 11.5 Å². The van der Waals surface area contributed by atoms with Gasteiger partial charge in [0.1, 0.15) is 17.3 Å². The van der Waals surface area contributed by atoms with Crippen LogP contribution < -0.4 is 10.1 Å². The first kappa shape index (κ1) is 23.8. The maximum Gasteiger partial charge on any atom is 0.336 e. The van der Waals surface area contributed by atoms with E-state index in [0.29, 0.717) is 35.6 Å². The molecular weight excluding hydrogens is 458 g/mol. The lowest BCUT2D eigenvalue weighted by molar-refractivity contribution is 0.0398. The number of carboxylic acids is 1. The molecule has 0 spiro atoms. The average Bonchev–Trinajstić information content (AvgIpc) is 3.20. The van der Waals surface area contributed by atoms with Gasteiger partial charge >= 0.3 is 5.97 Å². The average molecular weight is 488 g/mol. The Morgan fingerprint density at radius 1 is 1.08 bits per heavy atom. The zero-order valence-corrected chi connectivity index (χ0v) is 20.2. The molecule has 5 rings (SSSR count). The number of hydrogen-bond acceptors (Lipinski definition) is 7. The SMILES string of the molecule is Cc1nn(Cc2ccc(Oc3ccccc3)cc2)c2nc(NCCN3CCOCC3)cc(C(=O)O)c12. The Morgan fingerprint density at radius 2 is 1.81 bits per heavy atom. The molecule has 2 aromatic carbocycles. The first-order valence-electron chi connectivity index (χ1n) is 12.0. The summed E-state index contributed by atoms with van der Waals surface area (Å²) in [4.78, 5) is 19.1. The Balaban J connectivity index is 1.35. The number of fused-ring (bicyclic) bond motifs is 1. The van der Waals surface area contributed by atoms with E-state index in [1.165, 1.54) is 0 Å². The molecule has 4 aromatic rings. The quantitative estimate of drug-likeness (QED) is 0.365. The van der Waals surface area contributed by atoms with Crippen LogP contribution >= 0.6 is 0 Å². The number of carboxylic acid groups (broad SMARTS) is 1. The number of morpholine rings is 1. The summed E-state index contributed by atoms with van der Waals surface area (Å²) < 4.78 is 13.0. The number of nitrogens with zero attached hydrogens (tertiary/aromatic N) is 4. The number of rotatable bonds is 9. The molecule has 0 radical (unpaired) electrons. The molecule has 0 amide bonds. The number of benzene rings is 2. The van der Waals surface area contributed by atoms with Crippen LogP contribution in [0, 0.1) is 6.92 Å². The molecule has 0 saturated carbocycles. The van der Waals surface area contributed by atoms with Crippen molar-refractivity contribution < 1.29 is 19.4 Å². The van der Waals surface area contributed by atoms with E-state index in [-0.39, 0.29) is 5.56 Å². The lowest BCUT2D eigenvalue weighted by atomic mass is 10.1. The van der Waals surface area contributed by atoms with Crippen molar-refractivity contribution in [2.24, 2.45) is 0 Å². The number of para-hydroxylation sites is 1. The third-order valence-electron chi connectivity index (χ3n) is 6.18. The smallest absolute Gasteiger partial charge is 0.336 e. The Hall–Kier alpha value is -3.95. The van der Waals surface area contributed by atoms with E-state index in [9.17, 15) is 9.90 Å². The van der Waals surface area contributed by atoms with Crippen LogP contribution in [0.3, 0.4) is 0 Å². The number of ether oxygens (including phenoxy) is 2. The molecule has 1 fully saturated rings. The van der Waals surface area contributed by atoms with Crippen LogP contribution in [0.2, 0.25) is 0 Å². The Bertz CT molecular complexity index is 1330. The summed E-state index contributed by atoms with van der Waals surface area (Å²) in [5.74, 6) is 1.05. The van der Waals surface area contributed by atoms with Crippen molar-refractivity contribution in [3.05, 3.63) is 77.5 Å². The zero-order chi connectivity index (χ0) is 24.9. The fourth-order valence-corrected chi connectivity index (χ4v) is 4.35. The Labute approximate surface area is 209 Å². The normalized spacial score (nSPS) is 14.1. The van der Waals surface area contributed by atoms with Crippen molar-refractivity contribution >= 4 is 22.8 Å². The van der Waals surface area contributed by atoms with Gasteiger partial charge < -0.3 is 19.9 Å². The molecule has 3 heterocycles. The summed E-state index contributed by atoms with van der Waals surface area (Å²) in [6.07, 6.45) is 0. The van der Waals surface area contributed by atoms with E-state index in [1.54, 1.807) is 10.7 Å². The highest BCUT2D eigenvalue weighted by Crippen LogP contribution is 2.26. The van der Waals surface area contributed by atoms with Crippen LogP contribution in [0.4, 0.5) is 5.82 Å². The van der Waals surface area contributed by atoms with Gasteiger partial charge in [-0.25, -0.2) is 14.5 Å². The van der Waals surface area contributed by atoms with Gasteiger partial charge in [-0.2, -0.15) is 5.10 Å². The number of anilines is 1. The molecule has 9 nitrogen and oxygen atoms in total. The Kier molecular flexibility index (Phi) is 7.11. The predicted octanol–water partition coefficient (Wildman–Crippen LogP) is 4.02. The summed E-state index contributed by atoms with van der Waals surface area (Å²) >= 11 is 0. The van der Waals surface area contributed by atoms with Crippen molar-refractivity contribution in [3.63, 3.8) is 0 Å². The van der Waals surface area contributed by atoms with Crippen LogP contribution in [0.1, 0.15) is 21.6 Å². The van der Waals surface area contributed by atoms with Gasteiger partial charge in [0.25, 0.3) is 0 Å². The molecule has 186 valence electrons. The molecule has 1 aliphatic heterocycles. The first-order chi connectivity index (χ1) is 17.6. The Morgan fingerprint density at radius 3 is 2.53 bits per heavy atom. The fraction of sp³-hybridized carbons (Fsp3) is 0.296. The number of pyridine rings is 1. The second-order valence-electron chi connectivity index (χ2n) is 8.74. The highest BCUT2D eigenvalue weighted by atomic mass is 16.5. The van der Waals surface area contributed by atoms with Gasteiger partial charge in [0.15, 0.2) is 5.65 Å². The summed E-state index contributed by atoms with van der Waals surface area (Å²) in [5.41, 5.74) is 2.39. The van der Waals surface area contributed by atoms with E-state index >= 15 is 0 Å². The van der Waals surface area contributed by atoms with Gasteiger partial charge in [-0.3, -0.25) is 4.90 Å². The maximum absolute atomic E-state index is 12.1. The molecule has 1 saturated heterocycles. The van der Waals surface area contributed by atoms with Crippen molar-refractivity contribution in [3.8, 4) is 11.5 Å². The van der Waals surface area contributed by atoms with E-state index in [0.717, 1.165) is 49.9 Å². The third-order valence-corrected chi connectivity index (χ3v) is 6.18. The summed E-state index contributed by atoms with van der Waals surface area (Å²) in [6, 6.07) is 19.0. The van der Waals surface area contributed by atoms with Gasteiger partial charge in [0.2, 0.25) is 0 Å². The lowest BCUT2D eigenvalue weighted by Gasteiger charge is -2.26. The topological polar surface area (TPSA) is 102 Å². The van der Waals surface area contributed by atoms with Crippen LogP contribution in [0.15, 0.2) is 60.7 Å². The van der Waals surface area contributed by atoms with Crippen LogP contribution in [-0.2, 0) is 11.3 Å². The summed E-state index contributed by atoms with van der Waals surface area (Å²) in [7, 11) is 0. The van der Waals surface area contributed by atoms with Gasteiger partial charge in [0, 0.05) is 26.2 Å². The third kappa shape index (κ3) is 5.48. The van der Waals surface area contributed by atoms with E-state index in [4.69, 9.17) is 14.5 Å². The largest absolute Gasteiger partial charge is 0.478 e. The fourth-order valence-electron chi connectivity index (χ4n) is 4.35. The molecule has 0 unspecified atom stereocenters. The summed E-state index contributed by atoms with van der Waals surface area (Å²) in [5, 5.41) is 18.4. The minimum Gasteiger partial charge on any atom is -0.478 e. The number of aromatic nitrogens is 3. The molecule has 2 N–H and O–H groups in total. The predicted molar refractivity (Wildman–Crippen MR) is 137 cm³/mol. The monoisotopic (exact) mass is 487 g/mol. The number of nitrogens with one attached hydrogen (secondary N) is 1. The van der Waals surface area contributed by atoms with Crippen molar-refractivity contribution in [1.82, 2.24) is 19.7 Å². The van der Waals surface area contributed by atoms with Crippen molar-refractivity contribution in [1.29, 1.82) is 0 Å². The lowest BCUT2D eigenvalue weighted by Crippen LogP contribution is -2.39. The molecular formula is C27H29N5O4. The van der Waals surface area contributed by atoms with E-state index < -0.39 is 5.97 Å². The first-order valence-corrected chi connectivity index (χ1v) is 12.0. The van der Waals surface area contributed by atoms with Gasteiger partial charge in [0.05, 0.1) is 36.4 Å².